The van der Waals surface area contributed by atoms with Crippen LogP contribution in [0.3, 0.4) is 0 Å². The lowest BCUT2D eigenvalue weighted by Gasteiger charge is -2.49. The van der Waals surface area contributed by atoms with Gasteiger partial charge >= 0.3 is 0 Å². The van der Waals surface area contributed by atoms with Crippen molar-refractivity contribution in [1.29, 1.82) is 0 Å². The first kappa shape index (κ1) is 21.0. The fourth-order valence-corrected chi connectivity index (χ4v) is 3.35. The van der Waals surface area contributed by atoms with Crippen LogP contribution in [0.1, 0.15) is 95.9 Å². The van der Waals surface area contributed by atoms with E-state index in [2.05, 4.69) is 83.1 Å². The molecule has 0 aromatic heterocycles. The largest absolute Gasteiger partial charge is 0.369 e. The minimum atomic E-state index is -0.0808. The van der Waals surface area contributed by atoms with Crippen LogP contribution in [0.5, 0.6) is 0 Å². The average molecular weight is 299 g/mol. The summed E-state index contributed by atoms with van der Waals surface area (Å²) >= 11 is 0. The van der Waals surface area contributed by atoms with E-state index < -0.39 is 0 Å². The first-order valence-electron chi connectivity index (χ1n) is 8.71. The second-order valence-electron chi connectivity index (χ2n) is 10.5. The van der Waals surface area contributed by atoms with Crippen LogP contribution >= 0.6 is 0 Å². The molecule has 0 aromatic carbocycles. The highest BCUT2D eigenvalue weighted by molar-refractivity contribution is 4.92. The van der Waals surface area contributed by atoms with Crippen molar-refractivity contribution >= 4 is 0 Å². The Morgan fingerprint density at radius 2 is 0.810 bits per heavy atom. The van der Waals surface area contributed by atoms with Gasteiger partial charge in [0, 0.05) is 0 Å². The van der Waals surface area contributed by atoms with Crippen molar-refractivity contribution in [1.82, 2.24) is 0 Å². The SMILES string of the molecule is CC(C)C(C)(CC(C)(C)C)OC(C)(CC(C)(C)C)C(C)C. The zero-order valence-corrected chi connectivity index (χ0v) is 17.0. The summed E-state index contributed by atoms with van der Waals surface area (Å²) < 4.78 is 6.90. The van der Waals surface area contributed by atoms with Gasteiger partial charge in [0.2, 0.25) is 0 Å². The summed E-state index contributed by atoms with van der Waals surface area (Å²) in [7, 11) is 0. The third-order valence-electron chi connectivity index (χ3n) is 4.67. The minimum Gasteiger partial charge on any atom is -0.369 e. The number of hydrogen-bond donors (Lipinski definition) is 0. The third-order valence-corrected chi connectivity index (χ3v) is 4.67. The molecule has 0 radical (unpaired) electrons. The summed E-state index contributed by atoms with van der Waals surface area (Å²) in [5.41, 5.74) is 0.391. The van der Waals surface area contributed by atoms with E-state index >= 15 is 0 Å². The van der Waals surface area contributed by atoms with E-state index in [1.165, 1.54) is 0 Å². The van der Waals surface area contributed by atoms with Crippen molar-refractivity contribution < 1.29 is 4.74 Å². The van der Waals surface area contributed by atoms with Crippen molar-refractivity contribution in [2.75, 3.05) is 0 Å². The first-order chi connectivity index (χ1) is 9.01. The molecule has 0 bridgehead atoms. The van der Waals surface area contributed by atoms with Crippen LogP contribution in [0.4, 0.5) is 0 Å². The average Bonchev–Trinajstić information content (AvgIpc) is 2.09. The lowest BCUT2D eigenvalue weighted by atomic mass is 9.73. The molecule has 0 aromatic rings. The molecule has 128 valence electrons. The Labute approximate surface area is 135 Å². The molecule has 0 aliphatic heterocycles. The van der Waals surface area contributed by atoms with Gasteiger partial charge in [-0.1, -0.05) is 69.2 Å². The maximum absolute atomic E-state index is 6.90. The van der Waals surface area contributed by atoms with Crippen LogP contribution in [0.2, 0.25) is 0 Å². The molecule has 2 unspecified atom stereocenters. The van der Waals surface area contributed by atoms with Crippen molar-refractivity contribution in [2.45, 2.75) is 107 Å². The molecule has 0 saturated carbocycles. The summed E-state index contributed by atoms with van der Waals surface area (Å²) in [6, 6.07) is 0. The Kier molecular flexibility index (Phi) is 6.59. The van der Waals surface area contributed by atoms with Crippen LogP contribution in [0.15, 0.2) is 0 Å². The Morgan fingerprint density at radius 3 is 0.952 bits per heavy atom. The van der Waals surface area contributed by atoms with E-state index in [0.717, 1.165) is 12.8 Å². The molecule has 0 fully saturated rings. The molecule has 21 heavy (non-hydrogen) atoms. The summed E-state index contributed by atoms with van der Waals surface area (Å²) in [6.45, 7) is 27.7. The Hall–Kier alpha value is -0.0400. The number of hydrogen-bond acceptors (Lipinski definition) is 1. The topological polar surface area (TPSA) is 9.23 Å². The van der Waals surface area contributed by atoms with Gasteiger partial charge in [0.15, 0.2) is 0 Å². The van der Waals surface area contributed by atoms with Gasteiger partial charge in [0.1, 0.15) is 0 Å². The highest BCUT2D eigenvalue weighted by atomic mass is 16.5. The van der Waals surface area contributed by atoms with Crippen LogP contribution in [0.25, 0.3) is 0 Å². The van der Waals surface area contributed by atoms with Crippen LogP contribution in [-0.2, 0) is 4.74 Å². The van der Waals surface area contributed by atoms with Gasteiger partial charge in [0.25, 0.3) is 0 Å². The van der Waals surface area contributed by atoms with E-state index in [0.29, 0.717) is 11.8 Å². The summed E-state index contributed by atoms with van der Waals surface area (Å²) in [5, 5.41) is 0. The molecule has 0 spiro atoms. The van der Waals surface area contributed by atoms with Crippen molar-refractivity contribution in [3.05, 3.63) is 0 Å². The van der Waals surface area contributed by atoms with E-state index in [4.69, 9.17) is 4.74 Å². The monoisotopic (exact) mass is 298 g/mol. The zero-order valence-electron chi connectivity index (χ0n) is 17.0. The van der Waals surface area contributed by atoms with E-state index in [-0.39, 0.29) is 22.0 Å². The first-order valence-corrected chi connectivity index (χ1v) is 8.71. The van der Waals surface area contributed by atoms with Gasteiger partial charge < -0.3 is 4.74 Å². The van der Waals surface area contributed by atoms with E-state index in [9.17, 15) is 0 Å². The van der Waals surface area contributed by atoms with Crippen LogP contribution in [-0.4, -0.2) is 11.2 Å². The Bertz CT molecular complexity index is 284. The van der Waals surface area contributed by atoms with Crippen molar-refractivity contribution in [2.24, 2.45) is 22.7 Å². The van der Waals surface area contributed by atoms with Crippen molar-refractivity contribution in [3.8, 4) is 0 Å². The van der Waals surface area contributed by atoms with Gasteiger partial charge in [-0.25, -0.2) is 0 Å². The molecule has 0 N–H and O–H groups in total. The van der Waals surface area contributed by atoms with Crippen molar-refractivity contribution in [3.63, 3.8) is 0 Å². The molecule has 1 nitrogen and oxygen atoms in total. The smallest absolute Gasteiger partial charge is 0.0689 e. The molecule has 2 atom stereocenters. The molecule has 0 rings (SSSR count). The van der Waals surface area contributed by atoms with E-state index in [1.807, 2.05) is 0 Å². The van der Waals surface area contributed by atoms with Gasteiger partial charge in [-0.2, -0.15) is 0 Å². The maximum atomic E-state index is 6.90. The second kappa shape index (κ2) is 6.60. The maximum Gasteiger partial charge on any atom is 0.0689 e. The Morgan fingerprint density at radius 1 is 0.571 bits per heavy atom. The molecular weight excluding hydrogens is 256 g/mol. The lowest BCUT2D eigenvalue weighted by Crippen LogP contribution is -2.50. The fraction of sp³-hybridized carbons (Fsp3) is 1.00. The number of rotatable bonds is 6. The van der Waals surface area contributed by atoms with E-state index in [1.54, 1.807) is 0 Å². The molecular formula is C20H42O. The summed E-state index contributed by atoms with van der Waals surface area (Å²) in [5.74, 6) is 1.02. The summed E-state index contributed by atoms with van der Waals surface area (Å²) in [6.07, 6.45) is 2.17. The summed E-state index contributed by atoms with van der Waals surface area (Å²) in [4.78, 5) is 0. The highest BCUT2D eigenvalue weighted by Gasteiger charge is 2.43. The molecule has 0 aliphatic carbocycles. The quantitative estimate of drug-likeness (QED) is 0.530. The minimum absolute atomic E-state index is 0.0808. The normalized spacial score (nSPS) is 19.7. The van der Waals surface area contributed by atoms with Crippen LogP contribution < -0.4 is 0 Å². The standard InChI is InChI=1S/C20H42O/c1-15(2)19(11,13-17(5,6)7)21-20(12,16(3)4)14-18(8,9)10/h15-16H,13-14H2,1-12H3. The molecule has 0 saturated heterocycles. The van der Waals surface area contributed by atoms with Gasteiger partial charge in [-0.15, -0.1) is 0 Å². The molecule has 0 amide bonds. The molecule has 0 aliphatic rings. The number of ether oxygens (including phenoxy) is 1. The zero-order chi connectivity index (χ0) is 17.3. The molecule has 1 heteroatoms. The van der Waals surface area contributed by atoms with Gasteiger partial charge in [0.05, 0.1) is 11.2 Å². The Balaban J connectivity index is 5.44. The molecule has 0 heterocycles. The lowest BCUT2D eigenvalue weighted by molar-refractivity contribution is -0.202. The fourth-order valence-electron chi connectivity index (χ4n) is 3.35. The van der Waals surface area contributed by atoms with Crippen LogP contribution in [0, 0.1) is 22.7 Å². The van der Waals surface area contributed by atoms with Gasteiger partial charge in [-0.3, -0.25) is 0 Å². The highest BCUT2D eigenvalue weighted by Crippen LogP contribution is 2.43. The predicted octanol–water partition coefficient (Wildman–Crippen LogP) is 6.70. The third kappa shape index (κ3) is 7.17. The second-order valence-corrected chi connectivity index (χ2v) is 10.5. The van der Waals surface area contributed by atoms with Gasteiger partial charge in [-0.05, 0) is 49.4 Å². The predicted molar refractivity (Wildman–Crippen MR) is 95.7 cm³/mol.